The molecule has 0 saturated carbocycles. The van der Waals surface area contributed by atoms with Gasteiger partial charge in [0.15, 0.2) is 0 Å². The molecule has 0 aliphatic carbocycles. The van der Waals surface area contributed by atoms with E-state index in [1.807, 2.05) is 91.0 Å². The Labute approximate surface area is 167 Å². The predicted octanol–water partition coefficient (Wildman–Crippen LogP) is 5.41. The normalized spacial score (nSPS) is 11.0. The molecular weight excluding hydrogens is 473 g/mol. The van der Waals surface area contributed by atoms with Gasteiger partial charge in [0, 0.05) is 0 Å². The average molecular weight is 495 g/mol. The van der Waals surface area contributed by atoms with Crippen molar-refractivity contribution in [3.63, 3.8) is 0 Å². The first-order valence-electron chi connectivity index (χ1n) is 8.22. The zero-order valence-electron chi connectivity index (χ0n) is 14.8. The molecular formula is C21H22Cl2N2Sb-2. The third-order valence-corrected chi connectivity index (χ3v) is 14.4. The maximum absolute atomic E-state index is 6.55. The Bertz CT molecular complexity index is 707. The van der Waals surface area contributed by atoms with Gasteiger partial charge in [-0.1, -0.05) is 35.9 Å². The molecule has 3 aromatic rings. The third kappa shape index (κ3) is 6.01. The third-order valence-electron chi connectivity index (χ3n) is 3.75. The molecule has 0 saturated heterocycles. The molecule has 0 aliphatic heterocycles. The Hall–Kier alpha value is -1.02. The van der Waals surface area contributed by atoms with E-state index in [0.717, 1.165) is 12.6 Å². The Morgan fingerprint density at radius 1 is 0.615 bits per heavy atom. The fourth-order valence-electron chi connectivity index (χ4n) is 2.42. The topological polar surface area (TPSA) is 28.2 Å². The number of nitrogens with zero attached hydrogens (tertiary/aromatic N) is 2. The molecule has 0 unspecified atom stereocenters. The quantitative estimate of drug-likeness (QED) is 0.424. The first kappa shape index (κ1) is 21.3. The summed E-state index contributed by atoms with van der Waals surface area (Å²) >= 11 is -3.19. The van der Waals surface area contributed by atoms with Gasteiger partial charge in [0.05, 0.1) is 0 Å². The van der Waals surface area contributed by atoms with E-state index in [4.69, 9.17) is 17.7 Å². The van der Waals surface area contributed by atoms with E-state index in [0.29, 0.717) is 0 Å². The van der Waals surface area contributed by atoms with Crippen LogP contribution in [0, 0.1) is 0 Å². The van der Waals surface area contributed by atoms with Gasteiger partial charge in [-0.3, -0.25) is 0 Å². The van der Waals surface area contributed by atoms with Crippen molar-refractivity contribution < 1.29 is 0 Å². The molecule has 5 heteroatoms. The van der Waals surface area contributed by atoms with Crippen molar-refractivity contribution in [1.29, 1.82) is 0 Å². The molecule has 0 atom stereocenters. The number of benzene rings is 3. The molecule has 0 aromatic heterocycles. The van der Waals surface area contributed by atoms with E-state index < -0.39 is 16.5 Å². The maximum atomic E-state index is 6.55. The Morgan fingerprint density at radius 3 is 1.31 bits per heavy atom. The SMILES string of the molecule is C[N-]C([N-]C)c1ccccc1.[Cl][Sb]([Cl])([c]1ccccc1)[c]1ccccc1. The van der Waals surface area contributed by atoms with Crippen molar-refractivity contribution in [2.75, 3.05) is 14.1 Å². The number of rotatable bonds is 5. The summed E-state index contributed by atoms with van der Waals surface area (Å²) in [7, 11) is 16.7. The monoisotopic (exact) mass is 493 g/mol. The summed E-state index contributed by atoms with van der Waals surface area (Å²) in [4.78, 5) is 0. The zero-order valence-corrected chi connectivity index (χ0v) is 18.9. The van der Waals surface area contributed by atoms with Crippen LogP contribution >= 0.6 is 17.7 Å². The first-order valence-corrected chi connectivity index (χ1v) is 17.2. The Balaban J connectivity index is 0.000000197. The first-order chi connectivity index (χ1) is 12.6. The second kappa shape index (κ2) is 11.0. The van der Waals surface area contributed by atoms with Gasteiger partial charge in [-0.2, -0.15) is 14.1 Å². The summed E-state index contributed by atoms with van der Waals surface area (Å²) in [5, 5.41) is 8.22. The second-order valence-corrected chi connectivity index (χ2v) is 19.3. The van der Waals surface area contributed by atoms with Crippen LogP contribution in [0.1, 0.15) is 11.7 Å². The van der Waals surface area contributed by atoms with Crippen LogP contribution in [-0.2, 0) is 0 Å². The molecule has 1 radical (unpaired) electrons. The Kier molecular flexibility index (Phi) is 8.98. The predicted molar refractivity (Wildman–Crippen MR) is 117 cm³/mol. The molecule has 0 aliphatic rings. The van der Waals surface area contributed by atoms with Crippen LogP contribution in [0.5, 0.6) is 0 Å². The van der Waals surface area contributed by atoms with Crippen LogP contribution in [0.2, 0.25) is 0 Å². The summed E-state index contributed by atoms with van der Waals surface area (Å²) in [6.07, 6.45) is 0.0104. The molecule has 137 valence electrons. The van der Waals surface area contributed by atoms with Gasteiger partial charge in [0.2, 0.25) is 0 Å². The van der Waals surface area contributed by atoms with Gasteiger partial charge < -0.3 is 10.6 Å². The van der Waals surface area contributed by atoms with Crippen LogP contribution < -0.4 is 7.02 Å². The minimum atomic E-state index is -3.19. The van der Waals surface area contributed by atoms with Crippen molar-refractivity contribution >= 4 is 41.2 Å². The van der Waals surface area contributed by atoms with Gasteiger partial charge in [0.25, 0.3) is 0 Å². The molecule has 0 N–H and O–H groups in total. The van der Waals surface area contributed by atoms with Crippen LogP contribution in [0.25, 0.3) is 10.6 Å². The summed E-state index contributed by atoms with van der Waals surface area (Å²) in [6, 6.07) is 30.0. The standard InChI is InChI=1S/C9H12N2.2C6H5.2ClH.Sb/c1-10-9(11-2)8-6-4-3-5-7-8;2*1-2-4-6-5-3-1;;;/h3-7,9H,1-2H3;2*1-5H;2*1H;/q-2;;;;;+2/p-2. The average Bonchev–Trinajstić information content (AvgIpc) is 2.72. The van der Waals surface area contributed by atoms with E-state index in [-0.39, 0.29) is 6.17 Å². The van der Waals surface area contributed by atoms with Gasteiger partial charge in [0.1, 0.15) is 0 Å². The summed E-state index contributed by atoms with van der Waals surface area (Å²) in [5.74, 6) is 0. The molecule has 3 rings (SSSR count). The Morgan fingerprint density at radius 2 is 0.962 bits per heavy atom. The van der Waals surface area contributed by atoms with Crippen molar-refractivity contribution in [2.45, 2.75) is 6.17 Å². The van der Waals surface area contributed by atoms with Gasteiger partial charge in [-0.15, -0.1) is 0 Å². The summed E-state index contributed by atoms with van der Waals surface area (Å²) in [5.41, 5.74) is 1.15. The molecule has 3 aromatic carbocycles. The molecule has 0 heterocycles. The van der Waals surface area contributed by atoms with Crippen LogP contribution in [0.15, 0.2) is 91.0 Å². The van der Waals surface area contributed by atoms with Crippen molar-refractivity contribution in [2.24, 2.45) is 0 Å². The molecule has 2 nitrogen and oxygen atoms in total. The van der Waals surface area contributed by atoms with Crippen LogP contribution in [-0.4, -0.2) is 30.6 Å². The van der Waals surface area contributed by atoms with Gasteiger partial charge in [-0.25, -0.2) is 6.17 Å². The number of hydrogen-bond donors (Lipinski definition) is 0. The zero-order chi connectivity index (χ0) is 18.8. The van der Waals surface area contributed by atoms with E-state index in [2.05, 4.69) is 10.6 Å². The molecule has 0 fully saturated rings. The van der Waals surface area contributed by atoms with Crippen molar-refractivity contribution in [3.8, 4) is 0 Å². The van der Waals surface area contributed by atoms with Crippen LogP contribution in [0.3, 0.4) is 0 Å². The summed E-state index contributed by atoms with van der Waals surface area (Å²) < 4.78 is 2.18. The van der Waals surface area contributed by atoms with Gasteiger partial charge in [-0.05, 0) is 0 Å². The summed E-state index contributed by atoms with van der Waals surface area (Å²) in [6.45, 7) is 0. The van der Waals surface area contributed by atoms with Crippen molar-refractivity contribution in [1.82, 2.24) is 0 Å². The van der Waals surface area contributed by atoms with E-state index in [1.165, 1.54) is 0 Å². The second-order valence-electron chi connectivity index (χ2n) is 5.49. The van der Waals surface area contributed by atoms with E-state index in [1.54, 1.807) is 14.1 Å². The molecule has 0 bridgehead atoms. The fourth-order valence-corrected chi connectivity index (χ4v) is 9.41. The number of hydrogen-bond acceptors (Lipinski definition) is 0. The number of halogens is 2. The fraction of sp³-hybridized carbons (Fsp3) is 0.143. The van der Waals surface area contributed by atoms with Gasteiger partial charge >= 0.3 is 102 Å². The van der Waals surface area contributed by atoms with Crippen LogP contribution in [0.4, 0.5) is 0 Å². The van der Waals surface area contributed by atoms with Crippen molar-refractivity contribution in [3.05, 3.63) is 107 Å². The minimum absolute atomic E-state index is 0.0104. The van der Waals surface area contributed by atoms with E-state index in [9.17, 15) is 0 Å². The molecule has 0 spiro atoms. The molecule has 26 heavy (non-hydrogen) atoms. The molecule has 0 amide bonds. The van der Waals surface area contributed by atoms with E-state index >= 15 is 0 Å².